The maximum atomic E-state index is 11.9. The van der Waals surface area contributed by atoms with Crippen LogP contribution in [0.15, 0.2) is 12.2 Å². The van der Waals surface area contributed by atoms with Crippen molar-refractivity contribution in [2.75, 3.05) is 13.1 Å². The molecule has 0 bridgehead atoms. The molecule has 1 saturated heterocycles. The van der Waals surface area contributed by atoms with Crippen LogP contribution in [0.25, 0.3) is 0 Å². The van der Waals surface area contributed by atoms with Crippen molar-refractivity contribution in [2.45, 2.75) is 31.8 Å². The first-order valence-electron chi connectivity index (χ1n) is 5.39. The van der Waals surface area contributed by atoms with Crippen molar-refractivity contribution in [3.8, 4) is 0 Å². The van der Waals surface area contributed by atoms with Gasteiger partial charge in [0, 0.05) is 19.0 Å². The van der Waals surface area contributed by atoms with Crippen molar-refractivity contribution in [1.82, 2.24) is 4.90 Å². The van der Waals surface area contributed by atoms with Crippen molar-refractivity contribution in [3.05, 3.63) is 12.2 Å². The number of piperidine rings is 1. The molecule has 3 heteroatoms. The third-order valence-corrected chi connectivity index (χ3v) is 3.07. The maximum absolute atomic E-state index is 11.9. The first kappa shape index (κ1) is 9.71. The molecule has 78 valence electrons. The number of amides is 1. The van der Waals surface area contributed by atoms with Crippen LogP contribution in [0.3, 0.4) is 0 Å². The van der Waals surface area contributed by atoms with Crippen LogP contribution in [-0.2, 0) is 4.79 Å². The fraction of sp³-hybridized carbons (Fsp3) is 0.727. The van der Waals surface area contributed by atoms with Crippen molar-refractivity contribution in [1.29, 1.82) is 0 Å². The van der Waals surface area contributed by atoms with Crippen LogP contribution in [0.2, 0.25) is 0 Å². The molecule has 0 spiro atoms. The molecule has 1 atom stereocenters. The van der Waals surface area contributed by atoms with E-state index in [9.17, 15) is 9.90 Å². The van der Waals surface area contributed by atoms with E-state index in [0.29, 0.717) is 6.54 Å². The number of likely N-dealkylation sites (tertiary alicyclic amines) is 1. The summed E-state index contributed by atoms with van der Waals surface area (Å²) < 4.78 is 0. The van der Waals surface area contributed by atoms with Crippen molar-refractivity contribution in [2.24, 2.45) is 5.92 Å². The van der Waals surface area contributed by atoms with Gasteiger partial charge in [0.25, 0.3) is 0 Å². The summed E-state index contributed by atoms with van der Waals surface area (Å²) >= 11 is 0. The Labute approximate surface area is 84.4 Å². The zero-order valence-electron chi connectivity index (χ0n) is 8.35. The van der Waals surface area contributed by atoms with E-state index in [-0.39, 0.29) is 17.9 Å². The Balaban J connectivity index is 1.90. The highest BCUT2D eigenvalue weighted by Crippen LogP contribution is 2.22. The molecule has 0 aromatic heterocycles. The fourth-order valence-corrected chi connectivity index (χ4v) is 2.23. The number of aliphatic hydroxyl groups is 1. The molecule has 0 unspecified atom stereocenters. The van der Waals surface area contributed by atoms with Gasteiger partial charge in [-0.3, -0.25) is 4.79 Å². The number of carbonyl (C=O) groups is 1. The summed E-state index contributed by atoms with van der Waals surface area (Å²) in [5, 5.41) is 9.46. The average molecular weight is 195 g/mol. The Bertz CT molecular complexity index is 242. The molecule has 0 aromatic carbocycles. The Hall–Kier alpha value is -0.830. The van der Waals surface area contributed by atoms with Crippen molar-refractivity contribution in [3.63, 3.8) is 0 Å². The van der Waals surface area contributed by atoms with Gasteiger partial charge >= 0.3 is 0 Å². The van der Waals surface area contributed by atoms with Crippen LogP contribution in [0, 0.1) is 5.92 Å². The summed E-state index contributed by atoms with van der Waals surface area (Å²) in [6.45, 7) is 1.36. The molecule has 1 N–H and O–H groups in total. The standard InChI is InChI=1S/C11H17NO2/c13-10-6-3-7-12(8-10)11(14)9-4-1-2-5-9/h1-2,9-10,13H,3-8H2/t10-/m0/s1. The molecule has 1 fully saturated rings. The molecule has 2 rings (SSSR count). The lowest BCUT2D eigenvalue weighted by molar-refractivity contribution is -0.138. The SMILES string of the molecule is O=C(C1CC=CC1)N1CCC[C@H](O)C1. The second-order valence-corrected chi connectivity index (χ2v) is 4.22. The number of carbonyl (C=O) groups excluding carboxylic acids is 1. The van der Waals surface area contributed by atoms with Crippen LogP contribution >= 0.6 is 0 Å². The highest BCUT2D eigenvalue weighted by molar-refractivity contribution is 5.79. The van der Waals surface area contributed by atoms with Gasteiger partial charge in [0.1, 0.15) is 0 Å². The highest BCUT2D eigenvalue weighted by atomic mass is 16.3. The van der Waals surface area contributed by atoms with Crippen LogP contribution in [-0.4, -0.2) is 35.1 Å². The number of aliphatic hydroxyl groups excluding tert-OH is 1. The van der Waals surface area contributed by atoms with Gasteiger partial charge in [-0.1, -0.05) is 12.2 Å². The molecule has 1 heterocycles. The Morgan fingerprint density at radius 2 is 2.07 bits per heavy atom. The van der Waals surface area contributed by atoms with Gasteiger partial charge in [-0.05, 0) is 25.7 Å². The first-order chi connectivity index (χ1) is 6.77. The predicted molar refractivity (Wildman–Crippen MR) is 53.7 cm³/mol. The lowest BCUT2D eigenvalue weighted by Crippen LogP contribution is -2.44. The number of allylic oxidation sites excluding steroid dienone is 2. The summed E-state index contributed by atoms with van der Waals surface area (Å²) in [7, 11) is 0. The highest BCUT2D eigenvalue weighted by Gasteiger charge is 2.28. The Morgan fingerprint density at radius 1 is 1.36 bits per heavy atom. The third-order valence-electron chi connectivity index (χ3n) is 3.07. The van der Waals surface area contributed by atoms with E-state index < -0.39 is 0 Å². The summed E-state index contributed by atoms with van der Waals surface area (Å²) in [6.07, 6.45) is 7.38. The minimum absolute atomic E-state index is 0.153. The van der Waals surface area contributed by atoms with Gasteiger partial charge in [-0.25, -0.2) is 0 Å². The maximum Gasteiger partial charge on any atom is 0.226 e. The lowest BCUT2D eigenvalue weighted by Gasteiger charge is -2.32. The molecule has 14 heavy (non-hydrogen) atoms. The zero-order valence-corrected chi connectivity index (χ0v) is 8.35. The average Bonchev–Trinajstić information content (AvgIpc) is 2.69. The minimum atomic E-state index is -0.304. The molecular formula is C11H17NO2. The van der Waals surface area contributed by atoms with Crippen LogP contribution in [0.1, 0.15) is 25.7 Å². The second kappa shape index (κ2) is 4.13. The molecule has 0 radical (unpaired) electrons. The minimum Gasteiger partial charge on any atom is -0.391 e. The van der Waals surface area contributed by atoms with Gasteiger partial charge in [0.2, 0.25) is 5.91 Å². The summed E-state index contributed by atoms with van der Waals surface area (Å²) in [5.41, 5.74) is 0. The molecule has 1 aliphatic carbocycles. The molecule has 1 amide bonds. The zero-order chi connectivity index (χ0) is 9.97. The van der Waals surface area contributed by atoms with E-state index in [1.807, 2.05) is 4.90 Å². The van der Waals surface area contributed by atoms with E-state index in [1.54, 1.807) is 0 Å². The van der Waals surface area contributed by atoms with Crippen LogP contribution < -0.4 is 0 Å². The Kier molecular flexibility index (Phi) is 2.87. The number of hydrogen-bond acceptors (Lipinski definition) is 2. The fourth-order valence-electron chi connectivity index (χ4n) is 2.23. The molecule has 1 aliphatic heterocycles. The molecule has 0 saturated carbocycles. The van der Waals surface area contributed by atoms with Crippen LogP contribution in [0.5, 0.6) is 0 Å². The van der Waals surface area contributed by atoms with Gasteiger partial charge in [-0.15, -0.1) is 0 Å². The second-order valence-electron chi connectivity index (χ2n) is 4.22. The number of nitrogens with zero attached hydrogens (tertiary/aromatic N) is 1. The summed E-state index contributed by atoms with van der Waals surface area (Å²) in [6, 6.07) is 0. The normalized spacial score (nSPS) is 28.4. The van der Waals surface area contributed by atoms with Crippen molar-refractivity contribution >= 4 is 5.91 Å². The quantitative estimate of drug-likeness (QED) is 0.632. The van der Waals surface area contributed by atoms with Gasteiger partial charge in [0.05, 0.1) is 6.10 Å². The van der Waals surface area contributed by atoms with Crippen LogP contribution in [0.4, 0.5) is 0 Å². The Morgan fingerprint density at radius 3 is 2.71 bits per heavy atom. The van der Waals surface area contributed by atoms with E-state index in [0.717, 1.165) is 32.2 Å². The van der Waals surface area contributed by atoms with Gasteiger partial charge < -0.3 is 10.0 Å². The third kappa shape index (κ3) is 1.98. The van der Waals surface area contributed by atoms with E-state index >= 15 is 0 Å². The topological polar surface area (TPSA) is 40.5 Å². The molecule has 3 nitrogen and oxygen atoms in total. The smallest absolute Gasteiger partial charge is 0.226 e. The molecular weight excluding hydrogens is 178 g/mol. The monoisotopic (exact) mass is 195 g/mol. The summed E-state index contributed by atoms with van der Waals surface area (Å²) in [5.74, 6) is 0.383. The van der Waals surface area contributed by atoms with E-state index in [4.69, 9.17) is 0 Å². The molecule has 0 aromatic rings. The number of hydrogen-bond donors (Lipinski definition) is 1. The van der Waals surface area contributed by atoms with E-state index in [2.05, 4.69) is 12.2 Å². The largest absolute Gasteiger partial charge is 0.391 e. The predicted octanol–water partition coefficient (Wildman–Crippen LogP) is 0.936. The summed E-state index contributed by atoms with van der Waals surface area (Å²) in [4.78, 5) is 13.7. The number of rotatable bonds is 1. The lowest BCUT2D eigenvalue weighted by atomic mass is 10.0. The van der Waals surface area contributed by atoms with Crippen molar-refractivity contribution < 1.29 is 9.90 Å². The molecule has 2 aliphatic rings. The first-order valence-corrected chi connectivity index (χ1v) is 5.39. The van der Waals surface area contributed by atoms with E-state index in [1.165, 1.54) is 0 Å². The van der Waals surface area contributed by atoms with Gasteiger partial charge in [-0.2, -0.15) is 0 Å². The van der Waals surface area contributed by atoms with Gasteiger partial charge in [0.15, 0.2) is 0 Å². The number of β-amino-alcohol motifs (C(OH)–C–C–N with tert-alkyl or cyclic N) is 1.